The van der Waals surface area contributed by atoms with Crippen LogP contribution in [0.3, 0.4) is 0 Å². The van der Waals surface area contributed by atoms with E-state index in [-0.39, 0.29) is 0 Å². The Bertz CT molecular complexity index is 914. The molecule has 5 nitrogen and oxygen atoms in total. The van der Waals surface area contributed by atoms with Crippen molar-refractivity contribution in [1.82, 2.24) is 9.97 Å². The first-order chi connectivity index (χ1) is 11.7. The summed E-state index contributed by atoms with van der Waals surface area (Å²) >= 11 is 0. The summed E-state index contributed by atoms with van der Waals surface area (Å²) in [6, 6.07) is 11.6. The van der Waals surface area contributed by atoms with Gasteiger partial charge < -0.3 is 14.8 Å². The number of nitrogens with zero attached hydrogens (tertiary/aromatic N) is 2. The smallest absolute Gasteiger partial charge is 0.162 e. The van der Waals surface area contributed by atoms with Crippen LogP contribution >= 0.6 is 0 Å². The summed E-state index contributed by atoms with van der Waals surface area (Å²) in [5.41, 5.74) is 5.49. The molecule has 0 amide bonds. The molecule has 0 atom stereocenters. The molecule has 0 unspecified atom stereocenters. The molecule has 0 aliphatic carbocycles. The van der Waals surface area contributed by atoms with Crippen molar-refractivity contribution in [3.63, 3.8) is 0 Å². The van der Waals surface area contributed by atoms with Crippen molar-refractivity contribution < 1.29 is 9.47 Å². The Kier molecular flexibility index (Phi) is 4.45. The van der Waals surface area contributed by atoms with Gasteiger partial charge in [0.1, 0.15) is 12.1 Å². The Balaban J connectivity index is 2.01. The zero-order valence-corrected chi connectivity index (χ0v) is 13.5. The minimum Gasteiger partial charge on any atom is -0.493 e. The van der Waals surface area contributed by atoms with Crippen molar-refractivity contribution in [2.45, 2.75) is 0 Å². The van der Waals surface area contributed by atoms with Gasteiger partial charge in [-0.2, -0.15) is 0 Å². The molecule has 3 rings (SSSR count). The molecule has 0 fully saturated rings. The lowest BCUT2D eigenvalue weighted by Crippen LogP contribution is -1.98. The van der Waals surface area contributed by atoms with Gasteiger partial charge in [0.15, 0.2) is 11.5 Å². The van der Waals surface area contributed by atoms with Gasteiger partial charge in [0.25, 0.3) is 0 Å². The van der Waals surface area contributed by atoms with E-state index in [4.69, 9.17) is 9.47 Å². The third-order valence-electron chi connectivity index (χ3n) is 3.58. The van der Waals surface area contributed by atoms with Gasteiger partial charge >= 0.3 is 0 Å². The number of ether oxygens (including phenoxy) is 2. The molecule has 1 aromatic heterocycles. The fourth-order valence-corrected chi connectivity index (χ4v) is 2.40. The fraction of sp³-hybridized carbons (Fsp3) is 0.105. The number of benzene rings is 2. The number of hydrogen-bond donors (Lipinski definition) is 1. The van der Waals surface area contributed by atoms with E-state index in [0.29, 0.717) is 17.3 Å². The maximum Gasteiger partial charge on any atom is 0.162 e. The minimum atomic E-state index is 0.634. The molecular weight excluding hydrogens is 302 g/mol. The predicted octanol–water partition coefficient (Wildman–Crippen LogP) is 4.19. The Morgan fingerprint density at radius 1 is 1.04 bits per heavy atom. The van der Waals surface area contributed by atoms with Crippen LogP contribution in [0.5, 0.6) is 11.5 Å². The largest absolute Gasteiger partial charge is 0.493 e. The third kappa shape index (κ3) is 3.07. The van der Waals surface area contributed by atoms with Crippen molar-refractivity contribution in [2.75, 3.05) is 19.5 Å². The van der Waals surface area contributed by atoms with Crippen molar-refractivity contribution in [3.8, 4) is 11.5 Å². The number of rotatable bonds is 5. The molecule has 0 spiro atoms. The first-order valence-electron chi connectivity index (χ1n) is 7.35. The van der Waals surface area contributed by atoms with Crippen LogP contribution in [0, 0.1) is 0 Å². The van der Waals surface area contributed by atoms with Crippen molar-refractivity contribution >= 4 is 28.5 Å². The van der Waals surface area contributed by atoms with Gasteiger partial charge in [-0.25, -0.2) is 9.97 Å². The number of hydrogen-bond acceptors (Lipinski definition) is 5. The second kappa shape index (κ2) is 6.86. The third-order valence-corrected chi connectivity index (χ3v) is 3.58. The summed E-state index contributed by atoms with van der Waals surface area (Å²) in [5.74, 6) is 1.97. The van der Waals surface area contributed by atoms with Gasteiger partial charge in [-0.15, -0.1) is 5.73 Å². The maximum atomic E-state index is 5.37. The first-order valence-corrected chi connectivity index (χ1v) is 7.35. The van der Waals surface area contributed by atoms with Crippen molar-refractivity contribution in [3.05, 3.63) is 60.6 Å². The highest BCUT2D eigenvalue weighted by molar-refractivity contribution is 5.93. The second-order valence-electron chi connectivity index (χ2n) is 5.04. The predicted molar refractivity (Wildman–Crippen MR) is 96.0 cm³/mol. The van der Waals surface area contributed by atoms with Gasteiger partial charge in [0.2, 0.25) is 0 Å². The van der Waals surface area contributed by atoms with Gasteiger partial charge in [-0.3, -0.25) is 0 Å². The van der Waals surface area contributed by atoms with Gasteiger partial charge in [0.05, 0.1) is 19.7 Å². The molecule has 0 saturated carbocycles. The quantitative estimate of drug-likeness (QED) is 0.715. The molecule has 3 aromatic rings. The van der Waals surface area contributed by atoms with Crippen LogP contribution < -0.4 is 14.8 Å². The monoisotopic (exact) mass is 319 g/mol. The van der Waals surface area contributed by atoms with Crippen molar-refractivity contribution in [2.24, 2.45) is 0 Å². The van der Waals surface area contributed by atoms with E-state index in [9.17, 15) is 0 Å². The number of nitrogens with one attached hydrogen (secondary N) is 1. The van der Waals surface area contributed by atoms with E-state index in [1.165, 1.54) is 6.33 Å². The summed E-state index contributed by atoms with van der Waals surface area (Å²) in [6.45, 7) is 3.58. The first kappa shape index (κ1) is 15.6. The lowest BCUT2D eigenvalue weighted by molar-refractivity contribution is 0.356. The molecule has 0 saturated heterocycles. The number of methoxy groups -OCH3 is 2. The molecule has 2 aromatic carbocycles. The van der Waals surface area contributed by atoms with Crippen LogP contribution in [0.1, 0.15) is 5.56 Å². The van der Waals surface area contributed by atoms with E-state index >= 15 is 0 Å². The van der Waals surface area contributed by atoms with Crippen LogP contribution in [0.15, 0.2) is 55.0 Å². The van der Waals surface area contributed by atoms with E-state index < -0.39 is 0 Å². The van der Waals surface area contributed by atoms with Crippen LogP contribution in [0.2, 0.25) is 0 Å². The van der Waals surface area contributed by atoms with Gasteiger partial charge in [-0.1, -0.05) is 18.7 Å². The fourth-order valence-electron chi connectivity index (χ4n) is 2.40. The Morgan fingerprint density at radius 2 is 1.75 bits per heavy atom. The van der Waals surface area contributed by atoms with E-state index in [2.05, 4.69) is 27.6 Å². The van der Waals surface area contributed by atoms with Crippen LogP contribution in [-0.4, -0.2) is 24.2 Å². The highest BCUT2D eigenvalue weighted by Crippen LogP contribution is 2.34. The summed E-state index contributed by atoms with van der Waals surface area (Å²) in [4.78, 5) is 8.64. The van der Waals surface area contributed by atoms with Crippen LogP contribution in [0.25, 0.3) is 17.0 Å². The average Bonchev–Trinajstić information content (AvgIpc) is 2.62. The van der Waals surface area contributed by atoms with E-state index in [1.54, 1.807) is 14.2 Å². The second-order valence-corrected chi connectivity index (χ2v) is 5.04. The maximum absolute atomic E-state index is 5.37. The molecule has 0 aliphatic rings. The standard InChI is InChI=1S/C19H17N3O2/c1-4-5-13-6-8-14(9-7-13)22-19-15-10-17(23-2)18(24-3)11-16(15)20-12-21-19/h5-12H,1H2,2-3H3,(H,20,21,22). The van der Waals surface area contributed by atoms with E-state index in [1.807, 2.05) is 42.5 Å². The van der Waals surface area contributed by atoms with Crippen LogP contribution in [-0.2, 0) is 0 Å². The van der Waals surface area contributed by atoms with Gasteiger partial charge in [-0.05, 0) is 29.8 Å². The molecule has 24 heavy (non-hydrogen) atoms. The van der Waals surface area contributed by atoms with Gasteiger partial charge in [0, 0.05) is 17.1 Å². The summed E-state index contributed by atoms with van der Waals surface area (Å²) in [6.07, 6.45) is 3.34. The van der Waals surface area contributed by atoms with Crippen LogP contribution in [0.4, 0.5) is 11.5 Å². The molecule has 1 heterocycles. The zero-order valence-electron chi connectivity index (χ0n) is 13.5. The molecule has 120 valence electrons. The SMILES string of the molecule is C=C=Cc1ccc(Nc2ncnc3cc(OC)c(OC)cc23)cc1. The Hall–Kier alpha value is -3.30. The van der Waals surface area contributed by atoms with E-state index in [0.717, 1.165) is 22.2 Å². The lowest BCUT2D eigenvalue weighted by atomic mass is 10.2. The summed E-state index contributed by atoms with van der Waals surface area (Å²) in [5, 5.41) is 4.16. The molecular formula is C19H17N3O2. The minimum absolute atomic E-state index is 0.634. The lowest BCUT2D eigenvalue weighted by Gasteiger charge is -2.12. The molecule has 0 aliphatic heterocycles. The normalized spacial score (nSPS) is 10.1. The molecule has 5 heteroatoms. The molecule has 1 N–H and O–H groups in total. The molecule has 0 radical (unpaired) electrons. The average molecular weight is 319 g/mol. The highest BCUT2D eigenvalue weighted by Gasteiger charge is 2.11. The number of anilines is 2. The Morgan fingerprint density at radius 3 is 2.42 bits per heavy atom. The van der Waals surface area contributed by atoms with Crippen molar-refractivity contribution in [1.29, 1.82) is 0 Å². The number of fused-ring (bicyclic) bond motifs is 1. The number of aromatic nitrogens is 2. The zero-order chi connectivity index (χ0) is 16.9. The summed E-state index contributed by atoms with van der Waals surface area (Å²) in [7, 11) is 3.20. The summed E-state index contributed by atoms with van der Waals surface area (Å²) < 4.78 is 10.7. The topological polar surface area (TPSA) is 56.3 Å². The highest BCUT2D eigenvalue weighted by atomic mass is 16.5. The molecule has 0 bridgehead atoms. The Labute approximate surface area is 140 Å².